The van der Waals surface area contributed by atoms with Crippen molar-refractivity contribution in [2.75, 3.05) is 13.2 Å². The Morgan fingerprint density at radius 1 is 1.00 bits per heavy atom. The van der Waals surface area contributed by atoms with Gasteiger partial charge < -0.3 is 20.1 Å². The van der Waals surface area contributed by atoms with Crippen LogP contribution < -0.4 is 5.32 Å². The predicted molar refractivity (Wildman–Crippen MR) is 129 cm³/mol. The Balaban J connectivity index is 1.05. The second-order valence-electron chi connectivity index (χ2n) is 10.4. The second-order valence-corrected chi connectivity index (χ2v) is 10.4. The van der Waals surface area contributed by atoms with Gasteiger partial charge in [0, 0.05) is 31.0 Å². The third kappa shape index (κ3) is 3.77. The van der Waals surface area contributed by atoms with Crippen LogP contribution in [0.1, 0.15) is 49.1 Å². The lowest BCUT2D eigenvalue weighted by Crippen LogP contribution is -2.46. The van der Waals surface area contributed by atoms with E-state index in [9.17, 15) is 19.5 Å². The molecule has 182 valence electrons. The molecule has 7 rings (SSSR count). The first kappa shape index (κ1) is 22.1. The van der Waals surface area contributed by atoms with Crippen molar-refractivity contribution in [1.29, 1.82) is 0 Å². The fraction of sp³-hybridized carbons (Fsp3) is 0.464. The summed E-state index contributed by atoms with van der Waals surface area (Å²) in [5.41, 5.74) is 4.73. The number of nitrogens with zero attached hydrogens (tertiary/aromatic N) is 1. The molecule has 0 aromatic heterocycles. The Labute approximate surface area is 204 Å². The maximum atomic E-state index is 13.0. The number of ether oxygens (including phenoxy) is 1. The highest BCUT2D eigenvalue weighted by Gasteiger charge is 2.57. The smallest absolute Gasteiger partial charge is 0.407 e. The standard InChI is InChI=1S/C28H30N2O5/c31-25(30-14-17-12-24(30)26(17)27(32)33)13-16-6-5-11-23(16)29-28(34)35-15-22-20-9-3-1-7-18(20)19-8-2-4-10-21(19)22/h1-4,7-10,16-17,22-24,26H,5-6,11-15H2,(H,29,34)(H,32,33)/t16-,17?,23+,24?,26?/m0/s1. The monoisotopic (exact) mass is 474 g/mol. The maximum absolute atomic E-state index is 13.0. The lowest BCUT2D eigenvalue weighted by molar-refractivity contribution is -0.148. The molecule has 2 N–H and O–H groups in total. The third-order valence-corrected chi connectivity index (χ3v) is 8.65. The molecule has 2 aliphatic heterocycles. The van der Waals surface area contributed by atoms with Crippen LogP contribution in [-0.2, 0) is 14.3 Å². The van der Waals surface area contributed by atoms with Gasteiger partial charge in [0.2, 0.25) is 5.91 Å². The number of fused-ring (bicyclic) bond motifs is 4. The average Bonchev–Trinajstić information content (AvgIpc) is 3.60. The van der Waals surface area contributed by atoms with Gasteiger partial charge in [-0.2, -0.15) is 0 Å². The van der Waals surface area contributed by atoms with Gasteiger partial charge in [-0.25, -0.2) is 4.79 Å². The van der Waals surface area contributed by atoms with E-state index in [1.165, 1.54) is 22.3 Å². The quantitative estimate of drug-likeness (QED) is 0.659. The fourth-order valence-corrected chi connectivity index (χ4v) is 6.88. The molecule has 7 nitrogen and oxygen atoms in total. The van der Waals surface area contributed by atoms with Gasteiger partial charge in [0.15, 0.2) is 0 Å². The van der Waals surface area contributed by atoms with Crippen LogP contribution in [0.15, 0.2) is 48.5 Å². The predicted octanol–water partition coefficient (Wildman–Crippen LogP) is 4.02. The Morgan fingerprint density at radius 3 is 2.34 bits per heavy atom. The molecule has 0 spiro atoms. The summed E-state index contributed by atoms with van der Waals surface area (Å²) in [6.45, 7) is 0.821. The highest BCUT2D eigenvalue weighted by atomic mass is 16.5. The summed E-state index contributed by atoms with van der Waals surface area (Å²) in [5.74, 6) is -1.01. The molecule has 2 saturated heterocycles. The topological polar surface area (TPSA) is 95.9 Å². The van der Waals surface area contributed by atoms with Gasteiger partial charge in [-0.05, 0) is 53.4 Å². The molecule has 2 aromatic rings. The molecule has 0 radical (unpaired) electrons. The molecular formula is C28H30N2O5. The summed E-state index contributed by atoms with van der Waals surface area (Å²) < 4.78 is 5.71. The van der Waals surface area contributed by atoms with Gasteiger partial charge in [-0.15, -0.1) is 0 Å². The number of alkyl carbamates (subject to hydrolysis) is 1. The zero-order valence-corrected chi connectivity index (χ0v) is 19.6. The normalized spacial score (nSPS) is 28.2. The molecule has 2 amide bonds. The van der Waals surface area contributed by atoms with E-state index >= 15 is 0 Å². The van der Waals surface area contributed by atoms with E-state index in [0.717, 1.165) is 25.7 Å². The van der Waals surface area contributed by atoms with Crippen molar-refractivity contribution in [3.63, 3.8) is 0 Å². The molecule has 2 aromatic carbocycles. The highest BCUT2D eigenvalue weighted by molar-refractivity contribution is 5.82. The van der Waals surface area contributed by atoms with Gasteiger partial charge in [0.05, 0.1) is 5.92 Å². The number of carboxylic acids is 1. The largest absolute Gasteiger partial charge is 0.481 e. The number of amides is 2. The first-order valence-corrected chi connectivity index (χ1v) is 12.6. The number of aliphatic carboxylic acids is 1. The molecule has 2 saturated carbocycles. The van der Waals surface area contributed by atoms with Crippen molar-refractivity contribution in [1.82, 2.24) is 10.2 Å². The van der Waals surface area contributed by atoms with Crippen LogP contribution in [0.25, 0.3) is 11.1 Å². The van der Waals surface area contributed by atoms with Gasteiger partial charge >= 0.3 is 12.1 Å². The summed E-state index contributed by atoms with van der Waals surface area (Å²) >= 11 is 0. The zero-order valence-electron chi connectivity index (χ0n) is 19.6. The van der Waals surface area contributed by atoms with E-state index in [1.54, 1.807) is 4.90 Å². The number of benzene rings is 2. The third-order valence-electron chi connectivity index (χ3n) is 8.65. The molecular weight excluding hydrogens is 444 g/mol. The Kier molecular flexibility index (Phi) is 5.50. The van der Waals surface area contributed by atoms with Gasteiger partial charge in [-0.1, -0.05) is 55.0 Å². The first-order chi connectivity index (χ1) is 17.0. The van der Waals surface area contributed by atoms with Crippen LogP contribution in [0.2, 0.25) is 0 Å². The van der Waals surface area contributed by atoms with Gasteiger partial charge in [-0.3, -0.25) is 9.59 Å². The van der Waals surface area contributed by atoms with Crippen molar-refractivity contribution in [2.45, 2.75) is 50.1 Å². The molecule has 5 aliphatic rings. The maximum Gasteiger partial charge on any atom is 0.407 e. The molecule has 3 aliphatic carbocycles. The fourth-order valence-electron chi connectivity index (χ4n) is 6.88. The highest BCUT2D eigenvalue weighted by Crippen LogP contribution is 2.47. The number of carbonyl (C=O) groups is 3. The van der Waals surface area contributed by atoms with Crippen LogP contribution in [0.3, 0.4) is 0 Å². The lowest BCUT2D eigenvalue weighted by Gasteiger charge is -2.33. The molecule has 4 fully saturated rings. The zero-order chi connectivity index (χ0) is 24.1. The molecule has 2 bridgehead atoms. The number of carbonyl (C=O) groups excluding carboxylic acids is 2. The van der Waals surface area contributed by atoms with Crippen molar-refractivity contribution >= 4 is 18.0 Å². The van der Waals surface area contributed by atoms with Crippen LogP contribution >= 0.6 is 0 Å². The van der Waals surface area contributed by atoms with Crippen LogP contribution in [0.4, 0.5) is 4.79 Å². The minimum absolute atomic E-state index is 0.0120. The van der Waals surface area contributed by atoms with Gasteiger partial charge in [0.1, 0.15) is 6.61 Å². The summed E-state index contributed by atoms with van der Waals surface area (Å²) in [6, 6.07) is 16.2. The number of hydrogen-bond donors (Lipinski definition) is 2. The Bertz CT molecular complexity index is 1130. The van der Waals surface area contributed by atoms with E-state index in [2.05, 4.69) is 29.6 Å². The number of rotatable bonds is 6. The Morgan fingerprint density at radius 2 is 1.69 bits per heavy atom. The first-order valence-electron chi connectivity index (χ1n) is 12.6. The van der Waals surface area contributed by atoms with Crippen LogP contribution in [-0.4, -0.2) is 53.2 Å². The van der Waals surface area contributed by atoms with Crippen molar-refractivity contribution < 1.29 is 24.2 Å². The summed E-state index contributed by atoms with van der Waals surface area (Å²) in [4.78, 5) is 38.9. The second kappa shape index (κ2) is 8.70. The minimum atomic E-state index is -0.794. The number of nitrogens with one attached hydrogen (secondary N) is 1. The van der Waals surface area contributed by atoms with Crippen LogP contribution in [0.5, 0.6) is 0 Å². The van der Waals surface area contributed by atoms with E-state index in [-0.39, 0.29) is 42.4 Å². The molecule has 2 heterocycles. The van der Waals surface area contributed by atoms with Crippen LogP contribution in [0, 0.1) is 17.8 Å². The molecule has 5 atom stereocenters. The Hall–Kier alpha value is -3.35. The number of hydrogen-bond acceptors (Lipinski definition) is 4. The van der Waals surface area contributed by atoms with E-state index in [4.69, 9.17) is 4.74 Å². The SMILES string of the molecule is O=C(N[C@@H]1CCC[C@H]1CC(=O)N1CC2CC1C2C(=O)O)OCC1c2ccccc2-c2ccccc21. The molecule has 3 unspecified atom stereocenters. The average molecular weight is 475 g/mol. The molecule has 35 heavy (non-hydrogen) atoms. The van der Waals surface area contributed by atoms with Crippen molar-refractivity contribution in [3.8, 4) is 11.1 Å². The van der Waals surface area contributed by atoms with E-state index in [0.29, 0.717) is 13.0 Å². The van der Waals surface area contributed by atoms with Gasteiger partial charge in [0.25, 0.3) is 0 Å². The van der Waals surface area contributed by atoms with Crippen molar-refractivity contribution in [3.05, 3.63) is 59.7 Å². The summed E-state index contributed by atoms with van der Waals surface area (Å²) in [6.07, 6.45) is 3.37. The van der Waals surface area contributed by atoms with Crippen molar-refractivity contribution in [2.24, 2.45) is 17.8 Å². The summed E-state index contributed by atoms with van der Waals surface area (Å²) in [7, 11) is 0. The lowest BCUT2D eigenvalue weighted by atomic mass is 9.74. The summed E-state index contributed by atoms with van der Waals surface area (Å²) in [5, 5.41) is 12.4. The van der Waals surface area contributed by atoms with E-state index < -0.39 is 18.0 Å². The van der Waals surface area contributed by atoms with E-state index in [1.807, 2.05) is 24.3 Å². The number of carboxylic acid groups (broad SMARTS) is 1. The molecule has 7 heteroatoms. The minimum Gasteiger partial charge on any atom is -0.481 e.